The molecule has 0 spiro atoms. The molecular formula is C17H26O. The molecule has 0 amide bonds. The van der Waals surface area contributed by atoms with Crippen LogP contribution < -0.4 is 0 Å². The number of hydrogen-bond acceptors (Lipinski definition) is 1. The lowest BCUT2D eigenvalue weighted by Crippen LogP contribution is -2.22. The van der Waals surface area contributed by atoms with Crippen molar-refractivity contribution in [2.45, 2.75) is 70.5 Å². The molecule has 1 nitrogen and oxygen atoms in total. The fourth-order valence-corrected chi connectivity index (χ4v) is 2.82. The maximum Gasteiger partial charge on any atom is 0.0828 e. The third kappa shape index (κ3) is 4.13. The van der Waals surface area contributed by atoms with Gasteiger partial charge in [-0.25, -0.2) is 0 Å². The van der Waals surface area contributed by atoms with Crippen LogP contribution in [0.2, 0.25) is 0 Å². The quantitative estimate of drug-likeness (QED) is 0.621. The minimum absolute atomic E-state index is 0.344. The summed E-state index contributed by atoms with van der Waals surface area (Å²) in [5, 5.41) is 0. The van der Waals surface area contributed by atoms with Gasteiger partial charge in [0.25, 0.3) is 0 Å². The van der Waals surface area contributed by atoms with E-state index in [0.717, 1.165) is 0 Å². The fourth-order valence-electron chi connectivity index (χ4n) is 2.82. The minimum atomic E-state index is 0.344. The van der Waals surface area contributed by atoms with Crippen molar-refractivity contribution in [3.63, 3.8) is 0 Å². The molecule has 2 atom stereocenters. The van der Waals surface area contributed by atoms with Gasteiger partial charge in [0.2, 0.25) is 0 Å². The Morgan fingerprint density at radius 2 is 1.89 bits per heavy atom. The van der Waals surface area contributed by atoms with Gasteiger partial charge in [-0.2, -0.15) is 0 Å². The normalized spacial score (nSPS) is 24.1. The number of benzene rings is 1. The smallest absolute Gasteiger partial charge is 0.0828 e. The monoisotopic (exact) mass is 246 g/mol. The molecule has 0 aromatic heterocycles. The number of unbranched alkanes of at least 4 members (excludes halogenated alkanes) is 3. The van der Waals surface area contributed by atoms with Gasteiger partial charge >= 0.3 is 0 Å². The molecule has 1 aromatic carbocycles. The first-order valence-electron chi connectivity index (χ1n) is 7.60. The van der Waals surface area contributed by atoms with E-state index in [2.05, 4.69) is 37.3 Å². The Balaban J connectivity index is 1.78. The summed E-state index contributed by atoms with van der Waals surface area (Å²) < 4.78 is 6.25. The van der Waals surface area contributed by atoms with Crippen LogP contribution in [0.4, 0.5) is 0 Å². The van der Waals surface area contributed by atoms with E-state index >= 15 is 0 Å². The topological polar surface area (TPSA) is 9.23 Å². The van der Waals surface area contributed by atoms with Crippen molar-refractivity contribution in [3.8, 4) is 0 Å². The van der Waals surface area contributed by atoms with Crippen LogP contribution in [0.15, 0.2) is 30.3 Å². The summed E-state index contributed by atoms with van der Waals surface area (Å²) in [6, 6.07) is 10.7. The Labute approximate surface area is 112 Å². The Bertz CT molecular complexity index is 320. The van der Waals surface area contributed by atoms with Crippen LogP contribution in [0.25, 0.3) is 0 Å². The average Bonchev–Trinajstić information content (AvgIpc) is 2.45. The lowest BCUT2D eigenvalue weighted by atomic mass is 9.96. The van der Waals surface area contributed by atoms with Crippen molar-refractivity contribution in [2.75, 3.05) is 0 Å². The fraction of sp³-hybridized carbons (Fsp3) is 0.647. The van der Waals surface area contributed by atoms with Crippen LogP contribution >= 0.6 is 0 Å². The number of rotatable bonds is 6. The summed E-state index contributed by atoms with van der Waals surface area (Å²) in [6.07, 6.45) is 11.3. The van der Waals surface area contributed by atoms with Crippen LogP contribution in [0.5, 0.6) is 0 Å². The third-order valence-electron chi connectivity index (χ3n) is 3.90. The number of hydrogen-bond donors (Lipinski definition) is 0. The molecule has 1 aliphatic heterocycles. The maximum absolute atomic E-state index is 6.25. The summed E-state index contributed by atoms with van der Waals surface area (Å²) in [6.45, 7) is 2.27. The highest BCUT2D eigenvalue weighted by Gasteiger charge is 2.22. The second-order valence-electron chi connectivity index (χ2n) is 5.44. The molecule has 0 N–H and O–H groups in total. The first kappa shape index (κ1) is 13.6. The average molecular weight is 246 g/mol. The van der Waals surface area contributed by atoms with Gasteiger partial charge in [-0.1, -0.05) is 62.9 Å². The van der Waals surface area contributed by atoms with Crippen molar-refractivity contribution < 1.29 is 4.74 Å². The zero-order valence-corrected chi connectivity index (χ0v) is 11.6. The number of ether oxygens (including phenoxy) is 1. The van der Waals surface area contributed by atoms with E-state index < -0.39 is 0 Å². The molecule has 18 heavy (non-hydrogen) atoms. The van der Waals surface area contributed by atoms with E-state index in [1.807, 2.05) is 0 Å². The third-order valence-corrected chi connectivity index (χ3v) is 3.90. The van der Waals surface area contributed by atoms with Gasteiger partial charge in [-0.3, -0.25) is 0 Å². The lowest BCUT2D eigenvalue weighted by molar-refractivity contribution is -0.0557. The highest BCUT2D eigenvalue weighted by molar-refractivity contribution is 5.17. The molecule has 100 valence electrons. The van der Waals surface area contributed by atoms with Crippen molar-refractivity contribution in [1.82, 2.24) is 0 Å². The molecule has 0 aliphatic carbocycles. The lowest BCUT2D eigenvalue weighted by Gasteiger charge is -2.30. The van der Waals surface area contributed by atoms with Gasteiger partial charge in [0.15, 0.2) is 0 Å². The van der Waals surface area contributed by atoms with Gasteiger partial charge in [0.05, 0.1) is 12.2 Å². The molecule has 0 saturated carbocycles. The van der Waals surface area contributed by atoms with Gasteiger partial charge in [0, 0.05) is 0 Å². The van der Waals surface area contributed by atoms with Crippen LogP contribution in [0, 0.1) is 0 Å². The van der Waals surface area contributed by atoms with Crippen molar-refractivity contribution in [2.24, 2.45) is 0 Å². The minimum Gasteiger partial charge on any atom is -0.370 e. The molecule has 1 heterocycles. The Hall–Kier alpha value is -0.820. The van der Waals surface area contributed by atoms with E-state index in [1.165, 1.54) is 56.9 Å². The second kappa shape index (κ2) is 7.58. The molecular weight excluding hydrogens is 220 g/mol. The van der Waals surface area contributed by atoms with Crippen molar-refractivity contribution in [3.05, 3.63) is 35.9 Å². The van der Waals surface area contributed by atoms with Gasteiger partial charge < -0.3 is 4.74 Å². The van der Waals surface area contributed by atoms with Crippen LogP contribution in [-0.2, 0) is 4.74 Å². The molecule has 2 rings (SSSR count). The first-order chi connectivity index (χ1) is 8.90. The zero-order valence-electron chi connectivity index (χ0n) is 11.6. The van der Waals surface area contributed by atoms with Crippen LogP contribution in [0.1, 0.15) is 70.0 Å². The van der Waals surface area contributed by atoms with Gasteiger partial charge in [0.1, 0.15) is 0 Å². The molecule has 1 aliphatic rings. The molecule has 1 fully saturated rings. The summed E-state index contributed by atoms with van der Waals surface area (Å²) in [5.74, 6) is 0. The van der Waals surface area contributed by atoms with E-state index in [4.69, 9.17) is 4.74 Å². The highest BCUT2D eigenvalue weighted by atomic mass is 16.5. The molecule has 0 unspecified atom stereocenters. The molecule has 1 saturated heterocycles. The largest absolute Gasteiger partial charge is 0.370 e. The van der Waals surface area contributed by atoms with Crippen molar-refractivity contribution >= 4 is 0 Å². The summed E-state index contributed by atoms with van der Waals surface area (Å²) >= 11 is 0. The Morgan fingerprint density at radius 3 is 2.67 bits per heavy atom. The first-order valence-corrected chi connectivity index (χ1v) is 7.60. The predicted molar refractivity (Wildman–Crippen MR) is 76.7 cm³/mol. The Morgan fingerprint density at radius 1 is 1.06 bits per heavy atom. The van der Waals surface area contributed by atoms with E-state index in [1.54, 1.807) is 0 Å². The second-order valence-corrected chi connectivity index (χ2v) is 5.44. The van der Waals surface area contributed by atoms with Crippen molar-refractivity contribution in [1.29, 1.82) is 0 Å². The molecule has 1 aromatic rings. The molecule has 0 radical (unpaired) electrons. The SMILES string of the molecule is CCCCCC[C@@H]1CCC[C@H](c2ccccc2)O1. The maximum atomic E-state index is 6.25. The Kier molecular flexibility index (Phi) is 5.73. The molecule has 1 heteroatoms. The molecule has 0 bridgehead atoms. The van der Waals surface area contributed by atoms with Crippen LogP contribution in [0.3, 0.4) is 0 Å². The van der Waals surface area contributed by atoms with E-state index in [9.17, 15) is 0 Å². The van der Waals surface area contributed by atoms with E-state index in [0.29, 0.717) is 12.2 Å². The van der Waals surface area contributed by atoms with Gasteiger partial charge in [-0.15, -0.1) is 0 Å². The van der Waals surface area contributed by atoms with Gasteiger partial charge in [-0.05, 0) is 31.2 Å². The van der Waals surface area contributed by atoms with Crippen LogP contribution in [-0.4, -0.2) is 6.10 Å². The summed E-state index contributed by atoms with van der Waals surface area (Å²) in [5.41, 5.74) is 1.36. The van der Waals surface area contributed by atoms with E-state index in [-0.39, 0.29) is 0 Å². The summed E-state index contributed by atoms with van der Waals surface area (Å²) in [4.78, 5) is 0. The summed E-state index contributed by atoms with van der Waals surface area (Å²) in [7, 11) is 0. The predicted octanol–water partition coefficient (Wildman–Crippen LogP) is 5.27. The zero-order chi connectivity index (χ0) is 12.6. The standard InChI is InChI=1S/C17H26O/c1-2-3-4-8-12-16-13-9-14-17(18-16)15-10-6-5-7-11-15/h5-7,10-11,16-17H,2-4,8-9,12-14H2,1H3/t16-,17-/m1/s1. The highest BCUT2D eigenvalue weighted by Crippen LogP contribution is 2.32.